The monoisotopic (exact) mass is 292 g/mol. The molecule has 1 aliphatic rings. The lowest BCUT2D eigenvalue weighted by Crippen LogP contribution is -2.39. The second-order valence-electron chi connectivity index (χ2n) is 6.63. The number of rotatable bonds is 5. The molecule has 0 spiro atoms. The average molecular weight is 292 g/mol. The van der Waals surface area contributed by atoms with Crippen molar-refractivity contribution in [3.63, 3.8) is 0 Å². The molecule has 118 valence electrons. The first-order valence-corrected chi connectivity index (χ1v) is 7.81. The standard InChI is InChI=1S/C17H28N2O2/c1-17(2,3)21-12-11-20-16-6-4-5-15(13-16)19-9-7-14(18)8-10-19/h4-6,13-14H,7-12,18H2,1-3H3. The van der Waals surface area contributed by atoms with Gasteiger partial charge in [0.25, 0.3) is 0 Å². The molecule has 0 saturated carbocycles. The Hall–Kier alpha value is -1.26. The van der Waals surface area contributed by atoms with Gasteiger partial charge >= 0.3 is 0 Å². The van der Waals surface area contributed by atoms with Crippen LogP contribution in [0.2, 0.25) is 0 Å². The van der Waals surface area contributed by atoms with Crippen molar-refractivity contribution in [2.75, 3.05) is 31.2 Å². The molecule has 4 heteroatoms. The minimum atomic E-state index is -0.113. The molecule has 0 aromatic heterocycles. The third-order valence-electron chi connectivity index (χ3n) is 3.61. The van der Waals surface area contributed by atoms with Crippen LogP contribution in [0.15, 0.2) is 24.3 Å². The Labute approximate surface area is 128 Å². The number of benzene rings is 1. The highest BCUT2D eigenvalue weighted by molar-refractivity contribution is 5.51. The SMILES string of the molecule is CC(C)(C)OCCOc1cccc(N2CCC(N)CC2)c1. The van der Waals surface area contributed by atoms with Gasteiger partial charge in [-0.15, -0.1) is 0 Å². The zero-order valence-electron chi connectivity index (χ0n) is 13.5. The summed E-state index contributed by atoms with van der Waals surface area (Å²) in [6, 6.07) is 8.64. The van der Waals surface area contributed by atoms with Crippen molar-refractivity contribution in [3.05, 3.63) is 24.3 Å². The first kappa shape index (κ1) is 16.1. The minimum absolute atomic E-state index is 0.113. The van der Waals surface area contributed by atoms with Gasteiger partial charge in [0, 0.05) is 30.9 Å². The fourth-order valence-corrected chi connectivity index (χ4v) is 2.44. The first-order chi connectivity index (χ1) is 9.94. The van der Waals surface area contributed by atoms with Gasteiger partial charge in [0.05, 0.1) is 12.2 Å². The number of nitrogens with zero attached hydrogens (tertiary/aromatic N) is 1. The van der Waals surface area contributed by atoms with E-state index in [0.29, 0.717) is 19.3 Å². The van der Waals surface area contributed by atoms with E-state index < -0.39 is 0 Å². The second kappa shape index (κ2) is 7.14. The maximum absolute atomic E-state index is 5.96. The van der Waals surface area contributed by atoms with Gasteiger partial charge in [0.1, 0.15) is 12.4 Å². The van der Waals surface area contributed by atoms with E-state index in [2.05, 4.69) is 37.8 Å². The summed E-state index contributed by atoms with van der Waals surface area (Å²) >= 11 is 0. The number of nitrogens with two attached hydrogens (primary N) is 1. The molecule has 4 nitrogen and oxygen atoms in total. The Morgan fingerprint density at radius 3 is 2.57 bits per heavy atom. The highest BCUT2D eigenvalue weighted by Crippen LogP contribution is 2.24. The minimum Gasteiger partial charge on any atom is -0.491 e. The molecule has 1 aromatic rings. The van der Waals surface area contributed by atoms with Crippen molar-refractivity contribution in [3.8, 4) is 5.75 Å². The van der Waals surface area contributed by atoms with Gasteiger partial charge < -0.3 is 20.1 Å². The zero-order valence-corrected chi connectivity index (χ0v) is 13.5. The van der Waals surface area contributed by atoms with Crippen LogP contribution in [-0.2, 0) is 4.74 Å². The van der Waals surface area contributed by atoms with E-state index >= 15 is 0 Å². The van der Waals surface area contributed by atoms with Crippen LogP contribution in [0.1, 0.15) is 33.6 Å². The fourth-order valence-electron chi connectivity index (χ4n) is 2.44. The van der Waals surface area contributed by atoms with Crippen LogP contribution in [0.25, 0.3) is 0 Å². The summed E-state index contributed by atoms with van der Waals surface area (Å²) < 4.78 is 11.4. The molecule has 0 amide bonds. The van der Waals surface area contributed by atoms with Crippen LogP contribution in [-0.4, -0.2) is 37.9 Å². The number of anilines is 1. The molecule has 2 rings (SSSR count). The average Bonchev–Trinajstić information content (AvgIpc) is 2.44. The molecular weight excluding hydrogens is 264 g/mol. The molecule has 21 heavy (non-hydrogen) atoms. The maximum atomic E-state index is 5.96. The van der Waals surface area contributed by atoms with Gasteiger partial charge in [0.15, 0.2) is 0 Å². The van der Waals surface area contributed by atoms with Gasteiger partial charge in [-0.2, -0.15) is 0 Å². The van der Waals surface area contributed by atoms with Crippen molar-refractivity contribution in [2.24, 2.45) is 5.73 Å². The quantitative estimate of drug-likeness (QED) is 0.848. The number of piperidine rings is 1. The Morgan fingerprint density at radius 1 is 1.19 bits per heavy atom. The molecule has 0 bridgehead atoms. The van der Waals surface area contributed by atoms with Crippen LogP contribution in [0.5, 0.6) is 5.75 Å². The number of ether oxygens (including phenoxy) is 2. The summed E-state index contributed by atoms with van der Waals surface area (Å²) in [6.07, 6.45) is 2.12. The van der Waals surface area contributed by atoms with Gasteiger partial charge in [-0.25, -0.2) is 0 Å². The normalized spacial score (nSPS) is 17.0. The van der Waals surface area contributed by atoms with E-state index in [1.807, 2.05) is 12.1 Å². The lowest BCUT2D eigenvalue weighted by molar-refractivity contribution is -0.0162. The predicted molar refractivity (Wildman–Crippen MR) is 87.1 cm³/mol. The summed E-state index contributed by atoms with van der Waals surface area (Å²) in [5.74, 6) is 0.903. The molecule has 0 radical (unpaired) electrons. The van der Waals surface area contributed by atoms with Crippen LogP contribution in [0, 0.1) is 0 Å². The van der Waals surface area contributed by atoms with E-state index in [1.54, 1.807) is 0 Å². The third-order valence-corrected chi connectivity index (χ3v) is 3.61. The van der Waals surface area contributed by atoms with Crippen LogP contribution in [0.4, 0.5) is 5.69 Å². The van der Waals surface area contributed by atoms with Gasteiger partial charge in [0.2, 0.25) is 0 Å². The summed E-state index contributed by atoms with van der Waals surface area (Å²) in [4.78, 5) is 2.38. The van der Waals surface area contributed by atoms with Crippen LogP contribution >= 0.6 is 0 Å². The van der Waals surface area contributed by atoms with E-state index in [4.69, 9.17) is 15.2 Å². The molecule has 0 unspecified atom stereocenters. The Morgan fingerprint density at radius 2 is 1.90 bits per heavy atom. The summed E-state index contributed by atoms with van der Waals surface area (Å²) in [5, 5.41) is 0. The van der Waals surface area contributed by atoms with E-state index in [0.717, 1.165) is 31.7 Å². The van der Waals surface area contributed by atoms with Crippen LogP contribution in [0.3, 0.4) is 0 Å². The lowest BCUT2D eigenvalue weighted by Gasteiger charge is -2.32. The molecule has 1 fully saturated rings. The Bertz CT molecular complexity index is 435. The summed E-state index contributed by atoms with van der Waals surface area (Å²) in [6.45, 7) is 9.38. The highest BCUT2D eigenvalue weighted by atomic mass is 16.5. The fraction of sp³-hybridized carbons (Fsp3) is 0.647. The second-order valence-corrected chi connectivity index (χ2v) is 6.63. The number of hydrogen-bond donors (Lipinski definition) is 1. The third kappa shape index (κ3) is 5.56. The highest BCUT2D eigenvalue weighted by Gasteiger charge is 2.16. The number of hydrogen-bond acceptors (Lipinski definition) is 4. The first-order valence-electron chi connectivity index (χ1n) is 7.81. The molecule has 2 N–H and O–H groups in total. The molecule has 1 heterocycles. The van der Waals surface area contributed by atoms with Crippen molar-refractivity contribution >= 4 is 5.69 Å². The van der Waals surface area contributed by atoms with E-state index in [-0.39, 0.29) is 5.60 Å². The Balaban J connectivity index is 1.83. The topological polar surface area (TPSA) is 47.7 Å². The Kier molecular flexibility index (Phi) is 5.48. The molecule has 1 aromatic carbocycles. The molecule has 1 saturated heterocycles. The van der Waals surface area contributed by atoms with E-state index in [1.165, 1.54) is 5.69 Å². The van der Waals surface area contributed by atoms with Gasteiger partial charge in [-0.3, -0.25) is 0 Å². The van der Waals surface area contributed by atoms with Gasteiger partial charge in [-0.05, 0) is 45.7 Å². The molecular formula is C17H28N2O2. The maximum Gasteiger partial charge on any atom is 0.121 e. The summed E-state index contributed by atoms with van der Waals surface area (Å²) in [7, 11) is 0. The molecule has 0 atom stereocenters. The van der Waals surface area contributed by atoms with Crippen molar-refractivity contribution in [1.29, 1.82) is 0 Å². The van der Waals surface area contributed by atoms with Crippen molar-refractivity contribution in [1.82, 2.24) is 0 Å². The van der Waals surface area contributed by atoms with Crippen molar-refractivity contribution < 1.29 is 9.47 Å². The van der Waals surface area contributed by atoms with Crippen molar-refractivity contribution in [2.45, 2.75) is 45.3 Å². The van der Waals surface area contributed by atoms with Crippen LogP contribution < -0.4 is 15.4 Å². The molecule has 0 aliphatic carbocycles. The summed E-state index contributed by atoms with van der Waals surface area (Å²) in [5.41, 5.74) is 7.06. The lowest BCUT2D eigenvalue weighted by atomic mass is 10.1. The molecule has 1 aliphatic heterocycles. The van der Waals surface area contributed by atoms with Gasteiger partial charge in [-0.1, -0.05) is 6.07 Å². The largest absolute Gasteiger partial charge is 0.491 e. The smallest absolute Gasteiger partial charge is 0.121 e. The zero-order chi connectivity index (χ0) is 15.3. The predicted octanol–water partition coefficient (Wildman–Crippen LogP) is 2.81. The van der Waals surface area contributed by atoms with E-state index in [9.17, 15) is 0 Å².